The van der Waals surface area contributed by atoms with Crippen LogP contribution in [0.1, 0.15) is 27.2 Å². The fourth-order valence-electron chi connectivity index (χ4n) is 1.72. The molecule has 0 bridgehead atoms. The maximum Gasteiger partial charge on any atom is 0.387 e. The zero-order chi connectivity index (χ0) is 15.8. The van der Waals surface area contributed by atoms with Crippen molar-refractivity contribution in [1.82, 2.24) is 5.32 Å². The summed E-state index contributed by atoms with van der Waals surface area (Å²) in [5, 5.41) is 5.69. The van der Waals surface area contributed by atoms with Crippen molar-refractivity contribution in [1.29, 1.82) is 0 Å². The molecule has 0 saturated carbocycles. The van der Waals surface area contributed by atoms with E-state index in [0.29, 0.717) is 18.2 Å². The van der Waals surface area contributed by atoms with Gasteiger partial charge in [-0.1, -0.05) is 26.0 Å². The van der Waals surface area contributed by atoms with Gasteiger partial charge in [0.15, 0.2) is 0 Å². The minimum atomic E-state index is -2.90. The molecule has 1 rings (SSSR count). The maximum atomic E-state index is 12.3. The Morgan fingerprint density at radius 1 is 1.24 bits per heavy atom. The van der Waals surface area contributed by atoms with Crippen LogP contribution in [-0.4, -0.2) is 25.1 Å². The van der Waals surface area contributed by atoms with Gasteiger partial charge in [0.1, 0.15) is 11.8 Å². The van der Waals surface area contributed by atoms with Crippen LogP contribution in [0.2, 0.25) is 0 Å². The van der Waals surface area contributed by atoms with Crippen LogP contribution >= 0.6 is 0 Å². The number of ether oxygens (including phenoxy) is 1. The number of rotatable bonds is 8. The monoisotopic (exact) mass is 300 g/mol. The van der Waals surface area contributed by atoms with Gasteiger partial charge in [-0.15, -0.1) is 0 Å². The Bertz CT molecular complexity index is 453. The van der Waals surface area contributed by atoms with E-state index in [9.17, 15) is 13.6 Å². The molecule has 0 saturated heterocycles. The van der Waals surface area contributed by atoms with Gasteiger partial charge in [0.2, 0.25) is 5.91 Å². The highest BCUT2D eigenvalue weighted by atomic mass is 19.3. The lowest BCUT2D eigenvalue weighted by atomic mass is 10.1. The van der Waals surface area contributed by atoms with Gasteiger partial charge in [0, 0.05) is 6.54 Å². The van der Waals surface area contributed by atoms with Gasteiger partial charge in [-0.2, -0.15) is 8.78 Å². The molecule has 0 radical (unpaired) electrons. The molecular weight excluding hydrogens is 278 g/mol. The molecule has 0 fully saturated rings. The molecule has 2 N–H and O–H groups in total. The normalized spacial score (nSPS) is 12.3. The van der Waals surface area contributed by atoms with Crippen LogP contribution in [0.25, 0.3) is 0 Å². The van der Waals surface area contributed by atoms with Crippen LogP contribution < -0.4 is 15.4 Å². The summed E-state index contributed by atoms with van der Waals surface area (Å²) in [6.45, 7) is 3.52. The number of para-hydroxylation sites is 2. The first-order chi connectivity index (χ1) is 9.90. The lowest BCUT2D eigenvalue weighted by Crippen LogP contribution is -2.38. The number of carbonyl (C=O) groups is 1. The minimum Gasteiger partial charge on any atom is -0.433 e. The van der Waals surface area contributed by atoms with Gasteiger partial charge in [0.25, 0.3) is 0 Å². The predicted molar refractivity (Wildman–Crippen MR) is 78.6 cm³/mol. The van der Waals surface area contributed by atoms with Crippen molar-refractivity contribution < 1.29 is 18.3 Å². The predicted octanol–water partition coefficient (Wildman–Crippen LogP) is 3.25. The highest BCUT2D eigenvalue weighted by Crippen LogP contribution is 2.26. The Balaban J connectivity index is 2.57. The van der Waals surface area contributed by atoms with Crippen LogP contribution in [0.5, 0.6) is 5.75 Å². The molecule has 0 aliphatic carbocycles. The van der Waals surface area contributed by atoms with Crippen molar-refractivity contribution in [3.63, 3.8) is 0 Å². The van der Waals surface area contributed by atoms with E-state index in [1.54, 1.807) is 25.1 Å². The van der Waals surface area contributed by atoms with Crippen molar-refractivity contribution in [2.45, 2.75) is 39.8 Å². The smallest absolute Gasteiger partial charge is 0.387 e. The van der Waals surface area contributed by atoms with E-state index in [-0.39, 0.29) is 11.7 Å². The van der Waals surface area contributed by atoms with Gasteiger partial charge < -0.3 is 15.4 Å². The van der Waals surface area contributed by atoms with Crippen LogP contribution in [0.3, 0.4) is 0 Å². The molecule has 0 aromatic heterocycles. The first-order valence-electron chi connectivity index (χ1n) is 6.98. The number of benzene rings is 1. The molecule has 1 unspecified atom stereocenters. The number of alkyl halides is 2. The van der Waals surface area contributed by atoms with E-state index in [2.05, 4.69) is 29.2 Å². The number of anilines is 1. The van der Waals surface area contributed by atoms with E-state index in [1.807, 2.05) is 0 Å². The number of hydrogen-bond acceptors (Lipinski definition) is 3. The second kappa shape index (κ2) is 8.44. The van der Waals surface area contributed by atoms with Crippen molar-refractivity contribution in [3.05, 3.63) is 24.3 Å². The molecule has 1 atom stereocenters. The van der Waals surface area contributed by atoms with Gasteiger partial charge >= 0.3 is 6.61 Å². The first kappa shape index (κ1) is 17.2. The highest BCUT2D eigenvalue weighted by molar-refractivity contribution is 5.84. The third-order valence-electron chi connectivity index (χ3n) is 2.89. The van der Waals surface area contributed by atoms with Gasteiger partial charge in [-0.05, 0) is 31.4 Å². The molecule has 21 heavy (non-hydrogen) atoms. The fraction of sp³-hybridized carbons (Fsp3) is 0.533. The maximum absolute atomic E-state index is 12.3. The molecule has 4 nitrogen and oxygen atoms in total. The Morgan fingerprint density at radius 3 is 2.52 bits per heavy atom. The standard InChI is InChI=1S/C15H22F2N2O2/c1-10(2)8-9-18-14(20)11(3)19-12-6-4-5-7-13(12)21-15(16)17/h4-7,10-11,15,19H,8-9H2,1-3H3,(H,18,20). The molecule has 0 heterocycles. The van der Waals surface area contributed by atoms with Crippen LogP contribution in [0.15, 0.2) is 24.3 Å². The van der Waals surface area contributed by atoms with E-state index >= 15 is 0 Å². The molecule has 0 spiro atoms. The Morgan fingerprint density at radius 2 is 1.90 bits per heavy atom. The quantitative estimate of drug-likeness (QED) is 0.775. The van der Waals surface area contributed by atoms with Crippen LogP contribution in [0, 0.1) is 5.92 Å². The average molecular weight is 300 g/mol. The van der Waals surface area contributed by atoms with Crippen LogP contribution in [-0.2, 0) is 4.79 Å². The Kier molecular flexibility index (Phi) is 6.91. The molecule has 0 aliphatic rings. The van der Waals surface area contributed by atoms with Gasteiger partial charge in [-0.25, -0.2) is 0 Å². The Labute approximate surface area is 123 Å². The fourth-order valence-corrected chi connectivity index (χ4v) is 1.72. The summed E-state index contributed by atoms with van der Waals surface area (Å²) in [5.74, 6) is 0.352. The third-order valence-corrected chi connectivity index (χ3v) is 2.89. The van der Waals surface area contributed by atoms with Crippen molar-refractivity contribution in [2.24, 2.45) is 5.92 Å². The van der Waals surface area contributed by atoms with E-state index in [0.717, 1.165) is 6.42 Å². The van der Waals surface area contributed by atoms with E-state index in [1.165, 1.54) is 6.07 Å². The second-order valence-electron chi connectivity index (χ2n) is 5.21. The largest absolute Gasteiger partial charge is 0.433 e. The molecule has 6 heteroatoms. The number of carbonyl (C=O) groups excluding carboxylic acids is 1. The van der Waals surface area contributed by atoms with Crippen molar-refractivity contribution >= 4 is 11.6 Å². The van der Waals surface area contributed by atoms with Gasteiger partial charge in [-0.3, -0.25) is 4.79 Å². The first-order valence-corrected chi connectivity index (χ1v) is 6.98. The highest BCUT2D eigenvalue weighted by Gasteiger charge is 2.15. The summed E-state index contributed by atoms with van der Waals surface area (Å²) in [7, 11) is 0. The molecule has 1 aromatic rings. The summed E-state index contributed by atoms with van der Waals surface area (Å²) in [4.78, 5) is 11.9. The number of hydrogen-bond donors (Lipinski definition) is 2. The number of amides is 1. The summed E-state index contributed by atoms with van der Waals surface area (Å²) < 4.78 is 29.0. The summed E-state index contributed by atoms with van der Waals surface area (Å²) in [5.41, 5.74) is 0.365. The molecular formula is C15H22F2N2O2. The number of nitrogens with one attached hydrogen (secondary N) is 2. The SMILES string of the molecule is CC(C)CCNC(=O)C(C)Nc1ccccc1OC(F)F. The molecule has 1 amide bonds. The van der Waals surface area contributed by atoms with Gasteiger partial charge in [0.05, 0.1) is 5.69 Å². The summed E-state index contributed by atoms with van der Waals surface area (Å²) in [6, 6.07) is 5.76. The molecule has 1 aromatic carbocycles. The molecule has 118 valence electrons. The topological polar surface area (TPSA) is 50.4 Å². The minimum absolute atomic E-state index is 0.0225. The van der Waals surface area contributed by atoms with Crippen molar-refractivity contribution in [3.8, 4) is 5.75 Å². The molecule has 0 aliphatic heterocycles. The summed E-state index contributed by atoms with van der Waals surface area (Å²) in [6.07, 6.45) is 0.892. The second-order valence-corrected chi connectivity index (χ2v) is 5.21. The Hall–Kier alpha value is -1.85. The average Bonchev–Trinajstić information content (AvgIpc) is 2.39. The summed E-state index contributed by atoms with van der Waals surface area (Å²) >= 11 is 0. The lowest BCUT2D eigenvalue weighted by Gasteiger charge is -2.18. The van der Waals surface area contributed by atoms with E-state index in [4.69, 9.17) is 0 Å². The van der Waals surface area contributed by atoms with Crippen LogP contribution in [0.4, 0.5) is 14.5 Å². The number of halogens is 2. The van der Waals surface area contributed by atoms with Crippen molar-refractivity contribution in [2.75, 3.05) is 11.9 Å². The lowest BCUT2D eigenvalue weighted by molar-refractivity contribution is -0.121. The third kappa shape index (κ3) is 6.42. The zero-order valence-electron chi connectivity index (χ0n) is 12.5. The zero-order valence-corrected chi connectivity index (χ0v) is 12.5. The van der Waals surface area contributed by atoms with E-state index < -0.39 is 12.7 Å².